The highest BCUT2D eigenvalue weighted by molar-refractivity contribution is 5.86. The minimum absolute atomic E-state index is 0.161. The first kappa shape index (κ1) is 17.0. The number of anilines is 2. The first-order valence-electron chi connectivity index (χ1n) is 9.72. The van der Waals surface area contributed by atoms with Crippen LogP contribution in [-0.2, 0) is 4.79 Å². The Bertz CT molecular complexity index is 934. The lowest BCUT2D eigenvalue weighted by molar-refractivity contribution is -0.132. The monoisotopic (exact) mass is 378 g/mol. The molecule has 0 aliphatic carbocycles. The van der Waals surface area contributed by atoms with E-state index in [1.165, 1.54) is 0 Å². The van der Waals surface area contributed by atoms with Crippen LogP contribution >= 0.6 is 0 Å². The maximum absolute atomic E-state index is 13.2. The number of carbonyl (C=O) groups excluding carboxylic acids is 1. The van der Waals surface area contributed by atoms with E-state index in [1.807, 2.05) is 40.1 Å². The van der Waals surface area contributed by atoms with E-state index in [2.05, 4.69) is 19.9 Å². The minimum atomic E-state index is -0.201. The third-order valence-corrected chi connectivity index (χ3v) is 5.49. The Morgan fingerprint density at radius 2 is 1.79 bits per heavy atom. The van der Waals surface area contributed by atoms with Gasteiger partial charge in [-0.2, -0.15) is 4.98 Å². The molecule has 1 unspecified atom stereocenters. The summed E-state index contributed by atoms with van der Waals surface area (Å²) in [5.41, 5.74) is 1.58. The zero-order valence-electron chi connectivity index (χ0n) is 15.6. The predicted octanol–water partition coefficient (Wildman–Crippen LogP) is 1.94. The average molecular weight is 378 g/mol. The number of nitrogens with zero attached hydrogens (tertiary/aromatic N) is 6. The van der Waals surface area contributed by atoms with Crippen molar-refractivity contribution < 1.29 is 9.21 Å². The lowest BCUT2D eigenvalue weighted by atomic mass is 10.1. The third kappa shape index (κ3) is 3.04. The quantitative estimate of drug-likeness (QED) is 0.689. The molecule has 28 heavy (non-hydrogen) atoms. The molecule has 4 heterocycles. The van der Waals surface area contributed by atoms with Crippen molar-refractivity contribution in [1.29, 1.82) is 0 Å². The molecular weight excluding hydrogens is 356 g/mol. The SMILES string of the molecule is O=C(C1CCCN1c1nc2ccccc2o1)N1CCN(c2ncccn2)CC1. The Morgan fingerprint density at radius 3 is 2.57 bits per heavy atom. The van der Waals surface area contributed by atoms with Crippen molar-refractivity contribution in [1.82, 2.24) is 19.9 Å². The molecule has 1 aromatic carbocycles. The minimum Gasteiger partial charge on any atom is -0.423 e. The lowest BCUT2D eigenvalue weighted by Gasteiger charge is -2.37. The summed E-state index contributed by atoms with van der Waals surface area (Å²) in [5, 5.41) is 0. The Morgan fingerprint density at radius 1 is 1.00 bits per heavy atom. The maximum atomic E-state index is 13.2. The van der Waals surface area contributed by atoms with Gasteiger partial charge >= 0.3 is 0 Å². The van der Waals surface area contributed by atoms with Gasteiger partial charge in [-0.3, -0.25) is 4.79 Å². The van der Waals surface area contributed by atoms with E-state index < -0.39 is 0 Å². The lowest BCUT2D eigenvalue weighted by Crippen LogP contribution is -2.54. The molecule has 2 saturated heterocycles. The van der Waals surface area contributed by atoms with E-state index in [0.29, 0.717) is 19.1 Å². The van der Waals surface area contributed by atoms with E-state index in [1.54, 1.807) is 12.4 Å². The van der Waals surface area contributed by atoms with Gasteiger partial charge in [-0.05, 0) is 31.0 Å². The first-order chi connectivity index (χ1) is 13.8. The zero-order valence-corrected chi connectivity index (χ0v) is 15.6. The van der Waals surface area contributed by atoms with Crippen LogP contribution in [-0.4, -0.2) is 64.5 Å². The van der Waals surface area contributed by atoms with Crippen molar-refractivity contribution in [2.45, 2.75) is 18.9 Å². The highest BCUT2D eigenvalue weighted by Crippen LogP contribution is 2.29. The van der Waals surface area contributed by atoms with Gasteiger partial charge in [0.25, 0.3) is 6.01 Å². The van der Waals surface area contributed by atoms with Crippen molar-refractivity contribution >= 4 is 29.0 Å². The fraction of sp³-hybridized carbons (Fsp3) is 0.400. The number of carbonyl (C=O) groups is 1. The molecular formula is C20H22N6O2. The van der Waals surface area contributed by atoms with Crippen LogP contribution < -0.4 is 9.80 Å². The fourth-order valence-electron chi connectivity index (χ4n) is 4.03. The van der Waals surface area contributed by atoms with Crippen LogP contribution in [0.2, 0.25) is 0 Å². The number of rotatable bonds is 3. The summed E-state index contributed by atoms with van der Waals surface area (Å²) in [4.78, 5) is 32.5. The molecule has 2 aliphatic heterocycles. The highest BCUT2D eigenvalue weighted by Gasteiger charge is 2.37. The van der Waals surface area contributed by atoms with Gasteiger partial charge in [-0.25, -0.2) is 9.97 Å². The van der Waals surface area contributed by atoms with Crippen LogP contribution in [0.15, 0.2) is 47.1 Å². The molecule has 3 aromatic rings. The molecule has 144 valence electrons. The second kappa shape index (κ2) is 7.10. The molecule has 1 atom stereocenters. The van der Waals surface area contributed by atoms with Gasteiger partial charge in [-0.15, -0.1) is 0 Å². The number of hydrogen-bond acceptors (Lipinski definition) is 7. The van der Waals surface area contributed by atoms with Gasteiger partial charge in [0.05, 0.1) is 0 Å². The number of oxazole rings is 1. The number of piperazine rings is 1. The Kier molecular flexibility index (Phi) is 4.31. The fourth-order valence-corrected chi connectivity index (χ4v) is 4.03. The van der Waals surface area contributed by atoms with Crippen LogP contribution in [0.25, 0.3) is 11.1 Å². The summed E-state index contributed by atoms with van der Waals surface area (Å²) < 4.78 is 5.91. The van der Waals surface area contributed by atoms with E-state index in [0.717, 1.165) is 49.5 Å². The Balaban J connectivity index is 1.28. The number of aromatic nitrogens is 3. The normalized spacial score (nSPS) is 20.1. The molecule has 0 spiro atoms. The summed E-state index contributed by atoms with van der Waals surface area (Å²) in [6.45, 7) is 3.63. The van der Waals surface area contributed by atoms with Crippen LogP contribution in [0.3, 0.4) is 0 Å². The van der Waals surface area contributed by atoms with Gasteiger partial charge in [-0.1, -0.05) is 12.1 Å². The Hall–Kier alpha value is -3.16. The number of hydrogen-bond donors (Lipinski definition) is 0. The van der Waals surface area contributed by atoms with Crippen molar-refractivity contribution in [3.05, 3.63) is 42.7 Å². The summed E-state index contributed by atoms with van der Waals surface area (Å²) in [7, 11) is 0. The maximum Gasteiger partial charge on any atom is 0.299 e. The number of para-hydroxylation sites is 2. The molecule has 0 N–H and O–H groups in total. The first-order valence-corrected chi connectivity index (χ1v) is 9.72. The predicted molar refractivity (Wildman–Crippen MR) is 105 cm³/mol. The molecule has 0 saturated carbocycles. The number of benzene rings is 1. The average Bonchev–Trinajstić information content (AvgIpc) is 3.41. The van der Waals surface area contributed by atoms with E-state index in [4.69, 9.17) is 4.42 Å². The smallest absolute Gasteiger partial charge is 0.299 e. The topological polar surface area (TPSA) is 78.6 Å². The summed E-state index contributed by atoms with van der Waals surface area (Å²) in [5.74, 6) is 0.886. The number of amides is 1. The van der Waals surface area contributed by atoms with Crippen LogP contribution in [0.1, 0.15) is 12.8 Å². The van der Waals surface area contributed by atoms with Crippen molar-refractivity contribution in [2.75, 3.05) is 42.5 Å². The van der Waals surface area contributed by atoms with Crippen molar-refractivity contribution in [3.8, 4) is 0 Å². The molecule has 2 fully saturated rings. The van der Waals surface area contributed by atoms with Gasteiger partial charge in [0.1, 0.15) is 11.6 Å². The zero-order chi connectivity index (χ0) is 18.9. The summed E-state index contributed by atoms with van der Waals surface area (Å²) in [6, 6.07) is 9.87. The van der Waals surface area contributed by atoms with Crippen LogP contribution in [0.5, 0.6) is 0 Å². The van der Waals surface area contributed by atoms with Gasteiger partial charge in [0.15, 0.2) is 5.58 Å². The molecule has 5 rings (SSSR count). The molecule has 1 amide bonds. The van der Waals surface area contributed by atoms with Gasteiger partial charge in [0, 0.05) is 45.1 Å². The second-order valence-electron chi connectivity index (χ2n) is 7.18. The largest absolute Gasteiger partial charge is 0.423 e. The molecule has 8 nitrogen and oxygen atoms in total. The highest BCUT2D eigenvalue weighted by atomic mass is 16.4. The third-order valence-electron chi connectivity index (χ3n) is 5.49. The molecule has 8 heteroatoms. The van der Waals surface area contributed by atoms with Gasteiger partial charge < -0.3 is 19.1 Å². The summed E-state index contributed by atoms with van der Waals surface area (Å²) in [6.07, 6.45) is 5.29. The second-order valence-corrected chi connectivity index (χ2v) is 7.18. The van der Waals surface area contributed by atoms with E-state index in [-0.39, 0.29) is 11.9 Å². The molecule has 2 aliphatic rings. The van der Waals surface area contributed by atoms with Crippen molar-refractivity contribution in [3.63, 3.8) is 0 Å². The number of fused-ring (bicyclic) bond motifs is 1. The Labute approximate surface area is 162 Å². The molecule has 0 radical (unpaired) electrons. The van der Waals surface area contributed by atoms with Gasteiger partial charge in [0.2, 0.25) is 11.9 Å². The molecule has 2 aromatic heterocycles. The van der Waals surface area contributed by atoms with E-state index in [9.17, 15) is 4.79 Å². The summed E-state index contributed by atoms with van der Waals surface area (Å²) >= 11 is 0. The van der Waals surface area contributed by atoms with Crippen molar-refractivity contribution in [2.24, 2.45) is 0 Å². The van der Waals surface area contributed by atoms with Crippen LogP contribution in [0.4, 0.5) is 12.0 Å². The molecule has 0 bridgehead atoms. The van der Waals surface area contributed by atoms with E-state index >= 15 is 0 Å². The standard InChI is InChI=1S/C20H22N6O2/c27-18(24-11-13-25(14-12-24)19-21-8-4-9-22-19)16-6-3-10-26(16)20-23-15-5-1-2-7-17(15)28-20/h1-2,4-5,7-9,16H,3,6,10-14H2. The van der Waals surface area contributed by atoms with Crippen LogP contribution in [0, 0.1) is 0 Å².